The fourth-order valence-electron chi connectivity index (χ4n) is 2.23. The van der Waals surface area contributed by atoms with E-state index in [9.17, 15) is 17.6 Å². The Morgan fingerprint density at radius 2 is 1.67 bits per heavy atom. The highest BCUT2D eigenvalue weighted by Crippen LogP contribution is 2.32. The average Bonchev–Trinajstić information content (AvgIpc) is 2.76. The Morgan fingerprint density at radius 1 is 1.00 bits per heavy atom. The van der Waals surface area contributed by atoms with E-state index in [0.29, 0.717) is 22.3 Å². The molecule has 21 heavy (non-hydrogen) atoms. The molecule has 6 heteroatoms. The molecule has 2 aromatic carbocycles. The number of hydrogen-bond donors (Lipinski definition) is 0. The molecule has 0 aliphatic heterocycles. The number of benzene rings is 2. The fourth-order valence-corrected chi connectivity index (χ4v) is 2.23. The molecule has 0 N–H and O–H groups in total. The van der Waals surface area contributed by atoms with Crippen molar-refractivity contribution in [3.63, 3.8) is 0 Å². The summed E-state index contributed by atoms with van der Waals surface area (Å²) in [6.45, 7) is 1.72. The summed E-state index contributed by atoms with van der Waals surface area (Å²) < 4.78 is 52.8. The lowest BCUT2D eigenvalue weighted by Gasteiger charge is -2.08. The second-order valence-corrected chi connectivity index (χ2v) is 4.70. The number of nitrogens with zero attached hydrogens (tertiary/aromatic N) is 2. The Kier molecular flexibility index (Phi) is 2.97. The van der Waals surface area contributed by atoms with Crippen LogP contribution in [-0.2, 0) is 6.18 Å². The molecule has 0 saturated carbocycles. The van der Waals surface area contributed by atoms with Crippen molar-refractivity contribution in [1.82, 2.24) is 9.78 Å². The molecule has 2 nitrogen and oxygen atoms in total. The summed E-state index contributed by atoms with van der Waals surface area (Å²) >= 11 is 0. The predicted molar refractivity (Wildman–Crippen MR) is 70.8 cm³/mol. The Labute approximate surface area is 117 Å². The van der Waals surface area contributed by atoms with Crippen LogP contribution in [0.15, 0.2) is 42.5 Å². The smallest absolute Gasteiger partial charge is 0.233 e. The van der Waals surface area contributed by atoms with Gasteiger partial charge in [-0.1, -0.05) is 6.07 Å². The van der Waals surface area contributed by atoms with Crippen molar-refractivity contribution in [1.29, 1.82) is 0 Å². The zero-order chi connectivity index (χ0) is 15.2. The summed E-state index contributed by atoms with van der Waals surface area (Å²) in [7, 11) is 0. The van der Waals surface area contributed by atoms with Crippen LogP contribution in [0.4, 0.5) is 17.6 Å². The molecule has 3 rings (SSSR count). The normalized spacial score (nSPS) is 12.0. The lowest BCUT2D eigenvalue weighted by atomic mass is 10.1. The van der Waals surface area contributed by atoms with E-state index in [0.717, 1.165) is 12.1 Å². The third kappa shape index (κ3) is 2.37. The van der Waals surface area contributed by atoms with Crippen LogP contribution in [0, 0.1) is 12.7 Å². The van der Waals surface area contributed by atoms with Gasteiger partial charge in [-0.2, -0.15) is 18.3 Å². The highest BCUT2D eigenvalue weighted by molar-refractivity contribution is 5.84. The van der Waals surface area contributed by atoms with Gasteiger partial charge >= 0.3 is 6.18 Å². The number of halogens is 4. The van der Waals surface area contributed by atoms with Crippen molar-refractivity contribution >= 4 is 10.9 Å². The molecule has 3 aromatic rings. The highest BCUT2D eigenvalue weighted by Gasteiger charge is 2.31. The summed E-state index contributed by atoms with van der Waals surface area (Å²) in [6, 6.07) is 8.92. The van der Waals surface area contributed by atoms with E-state index in [2.05, 4.69) is 5.10 Å². The van der Waals surface area contributed by atoms with Gasteiger partial charge in [0.15, 0.2) is 0 Å². The SMILES string of the molecule is Cc1nn(-c2ccc(F)cc2)c2cc(C(F)(F)F)ccc12. The number of aromatic nitrogens is 2. The Balaban J connectivity index is 2.25. The number of aryl methyl sites for hydroxylation is 1. The first kappa shape index (κ1) is 13.6. The van der Waals surface area contributed by atoms with E-state index < -0.39 is 17.6 Å². The maximum absolute atomic E-state index is 13.0. The predicted octanol–water partition coefficient (Wildman–Crippen LogP) is 4.49. The number of hydrogen-bond acceptors (Lipinski definition) is 1. The van der Waals surface area contributed by atoms with E-state index >= 15 is 0 Å². The van der Waals surface area contributed by atoms with Gasteiger partial charge in [-0.3, -0.25) is 0 Å². The van der Waals surface area contributed by atoms with Crippen LogP contribution in [0.5, 0.6) is 0 Å². The van der Waals surface area contributed by atoms with Gasteiger partial charge < -0.3 is 0 Å². The molecule has 0 spiro atoms. The third-order valence-corrected chi connectivity index (χ3v) is 3.26. The van der Waals surface area contributed by atoms with Gasteiger partial charge in [0.05, 0.1) is 22.5 Å². The van der Waals surface area contributed by atoms with Crippen LogP contribution in [0.3, 0.4) is 0 Å². The molecule has 0 radical (unpaired) electrons. The summed E-state index contributed by atoms with van der Waals surface area (Å²) in [5.41, 5.74) is 0.726. The molecule has 0 aliphatic rings. The molecular weight excluding hydrogens is 284 g/mol. The van der Waals surface area contributed by atoms with Crippen LogP contribution in [0.2, 0.25) is 0 Å². The van der Waals surface area contributed by atoms with Gasteiger partial charge in [-0.25, -0.2) is 9.07 Å². The van der Waals surface area contributed by atoms with Crippen molar-refractivity contribution in [2.24, 2.45) is 0 Å². The minimum atomic E-state index is -4.42. The Hall–Kier alpha value is -2.37. The molecule has 0 bridgehead atoms. The Morgan fingerprint density at radius 3 is 2.29 bits per heavy atom. The molecule has 0 atom stereocenters. The summed E-state index contributed by atoms with van der Waals surface area (Å²) in [6.07, 6.45) is -4.42. The summed E-state index contributed by atoms with van der Waals surface area (Å²) in [5.74, 6) is -0.414. The van der Waals surface area contributed by atoms with Crippen molar-refractivity contribution in [2.45, 2.75) is 13.1 Å². The zero-order valence-corrected chi connectivity index (χ0v) is 10.9. The third-order valence-electron chi connectivity index (χ3n) is 3.26. The van der Waals surface area contributed by atoms with E-state index in [-0.39, 0.29) is 0 Å². The molecule has 0 aliphatic carbocycles. The van der Waals surface area contributed by atoms with Gasteiger partial charge in [0.25, 0.3) is 0 Å². The monoisotopic (exact) mass is 294 g/mol. The highest BCUT2D eigenvalue weighted by atomic mass is 19.4. The largest absolute Gasteiger partial charge is 0.416 e. The van der Waals surface area contributed by atoms with Crippen molar-refractivity contribution < 1.29 is 17.6 Å². The second-order valence-electron chi connectivity index (χ2n) is 4.70. The fraction of sp³-hybridized carbons (Fsp3) is 0.133. The quantitative estimate of drug-likeness (QED) is 0.605. The Bertz CT molecular complexity index is 801. The van der Waals surface area contributed by atoms with Gasteiger partial charge in [-0.05, 0) is 43.3 Å². The van der Waals surface area contributed by atoms with Crippen molar-refractivity contribution in [3.05, 3.63) is 59.5 Å². The van der Waals surface area contributed by atoms with Crippen molar-refractivity contribution in [2.75, 3.05) is 0 Å². The number of alkyl halides is 3. The summed E-state index contributed by atoms with van der Waals surface area (Å²) in [5, 5.41) is 4.87. The van der Waals surface area contributed by atoms with Crippen LogP contribution in [0.25, 0.3) is 16.6 Å². The molecule has 0 amide bonds. The average molecular weight is 294 g/mol. The lowest BCUT2D eigenvalue weighted by molar-refractivity contribution is -0.137. The van der Waals surface area contributed by atoms with E-state index in [1.54, 1.807) is 6.92 Å². The topological polar surface area (TPSA) is 17.8 Å². The zero-order valence-electron chi connectivity index (χ0n) is 10.9. The lowest BCUT2D eigenvalue weighted by Crippen LogP contribution is -2.05. The second kappa shape index (κ2) is 4.58. The molecule has 108 valence electrons. The van der Waals surface area contributed by atoms with Gasteiger partial charge in [0, 0.05) is 5.39 Å². The van der Waals surface area contributed by atoms with Crippen LogP contribution in [0.1, 0.15) is 11.3 Å². The first-order chi connectivity index (χ1) is 9.86. The summed E-state index contributed by atoms with van der Waals surface area (Å²) in [4.78, 5) is 0. The van der Waals surface area contributed by atoms with Crippen LogP contribution in [-0.4, -0.2) is 9.78 Å². The molecule has 0 unspecified atom stereocenters. The van der Waals surface area contributed by atoms with Gasteiger partial charge in [0.1, 0.15) is 5.82 Å². The minimum Gasteiger partial charge on any atom is -0.233 e. The first-order valence-corrected chi connectivity index (χ1v) is 6.19. The standard InChI is InChI=1S/C15H10F4N2/c1-9-13-7-2-10(15(17,18)19)8-14(13)21(20-9)12-5-3-11(16)4-6-12/h2-8H,1H3. The van der Waals surface area contributed by atoms with E-state index in [1.165, 1.54) is 35.0 Å². The maximum atomic E-state index is 13.0. The number of rotatable bonds is 1. The number of fused-ring (bicyclic) bond motifs is 1. The molecule has 1 heterocycles. The minimum absolute atomic E-state index is 0.342. The van der Waals surface area contributed by atoms with Gasteiger partial charge in [-0.15, -0.1) is 0 Å². The molecule has 0 saturated heterocycles. The van der Waals surface area contributed by atoms with E-state index in [4.69, 9.17) is 0 Å². The van der Waals surface area contributed by atoms with Crippen LogP contribution < -0.4 is 0 Å². The van der Waals surface area contributed by atoms with Gasteiger partial charge in [0.2, 0.25) is 0 Å². The van der Waals surface area contributed by atoms with Crippen molar-refractivity contribution in [3.8, 4) is 5.69 Å². The maximum Gasteiger partial charge on any atom is 0.416 e. The molecule has 1 aromatic heterocycles. The first-order valence-electron chi connectivity index (χ1n) is 6.19. The molecular formula is C15H10F4N2. The molecule has 0 fully saturated rings. The van der Waals surface area contributed by atoms with E-state index in [1.807, 2.05) is 0 Å². The van der Waals surface area contributed by atoms with Crippen LogP contribution >= 0.6 is 0 Å².